The Kier molecular flexibility index (Phi) is 5.88. The van der Waals surface area contributed by atoms with Gasteiger partial charge in [0.05, 0.1) is 4.90 Å². The van der Waals surface area contributed by atoms with Crippen molar-refractivity contribution < 1.29 is 22.0 Å². The number of nitrogens with one attached hydrogen (secondary N) is 1. The molecule has 0 aliphatic carbocycles. The van der Waals surface area contributed by atoms with Gasteiger partial charge in [-0.1, -0.05) is 0 Å². The van der Waals surface area contributed by atoms with E-state index in [-0.39, 0.29) is 23.0 Å². The number of hydrogen-bond donors (Lipinski definition) is 1. The van der Waals surface area contributed by atoms with Crippen molar-refractivity contribution in [1.29, 1.82) is 0 Å². The van der Waals surface area contributed by atoms with Crippen LogP contribution in [0, 0.1) is 11.6 Å². The lowest BCUT2D eigenvalue weighted by Crippen LogP contribution is -2.33. The van der Waals surface area contributed by atoms with E-state index in [1.807, 2.05) is 13.8 Å². The molecule has 1 aromatic heterocycles. The monoisotopic (exact) mass is 421 g/mol. The molecule has 3 rings (SSSR count). The van der Waals surface area contributed by atoms with Gasteiger partial charge in [0.25, 0.3) is 10.0 Å². The minimum Gasteiger partial charge on any atom is -0.342 e. The van der Waals surface area contributed by atoms with Crippen LogP contribution < -0.4 is 4.72 Å². The maximum atomic E-state index is 13.4. The molecule has 6 nitrogen and oxygen atoms in total. The molecule has 0 aliphatic rings. The number of halogens is 2. The Bertz CT molecular complexity index is 1150. The van der Waals surface area contributed by atoms with Crippen molar-refractivity contribution in [2.45, 2.75) is 25.3 Å². The van der Waals surface area contributed by atoms with Gasteiger partial charge in [-0.3, -0.25) is 9.52 Å². The number of amides is 1. The van der Waals surface area contributed by atoms with Gasteiger partial charge in [-0.25, -0.2) is 17.2 Å². The first-order valence-electron chi connectivity index (χ1n) is 9.09. The summed E-state index contributed by atoms with van der Waals surface area (Å²) in [6.07, 6.45) is 1.76. The molecule has 0 atom stereocenters. The standard InChI is InChI=1S/C20H21F2N3O3S/c1-3-24(4-2)20(26)13-25-10-9-14-11-15(5-8-19(14)25)23-29(27,28)16-6-7-17(21)18(22)12-16/h5-12,23H,3-4,13H2,1-2H3. The Morgan fingerprint density at radius 3 is 2.41 bits per heavy atom. The number of likely N-dealkylation sites (N-methyl/N-ethyl adjacent to an activating group) is 1. The lowest BCUT2D eigenvalue weighted by Gasteiger charge is -2.19. The van der Waals surface area contributed by atoms with Crippen molar-refractivity contribution >= 4 is 32.5 Å². The highest BCUT2D eigenvalue weighted by molar-refractivity contribution is 7.92. The molecular formula is C20H21F2N3O3S. The molecular weight excluding hydrogens is 400 g/mol. The van der Waals surface area contributed by atoms with Gasteiger partial charge in [0.1, 0.15) is 6.54 Å². The summed E-state index contributed by atoms with van der Waals surface area (Å²) in [5.74, 6) is -2.36. The van der Waals surface area contributed by atoms with Crippen molar-refractivity contribution in [3.63, 3.8) is 0 Å². The fourth-order valence-electron chi connectivity index (χ4n) is 3.08. The van der Waals surface area contributed by atoms with Crippen LogP contribution in [0.3, 0.4) is 0 Å². The molecule has 0 saturated heterocycles. The normalized spacial score (nSPS) is 11.6. The van der Waals surface area contributed by atoms with Gasteiger partial charge in [0.2, 0.25) is 5.91 Å². The topological polar surface area (TPSA) is 71.4 Å². The van der Waals surface area contributed by atoms with Crippen molar-refractivity contribution in [1.82, 2.24) is 9.47 Å². The Morgan fingerprint density at radius 1 is 1.03 bits per heavy atom. The van der Waals surface area contributed by atoms with Gasteiger partial charge < -0.3 is 9.47 Å². The van der Waals surface area contributed by atoms with Crippen LogP contribution in [0.2, 0.25) is 0 Å². The largest absolute Gasteiger partial charge is 0.342 e. The molecule has 0 fully saturated rings. The Hall–Kier alpha value is -2.94. The number of benzene rings is 2. The third kappa shape index (κ3) is 4.40. The van der Waals surface area contributed by atoms with Gasteiger partial charge >= 0.3 is 0 Å². The predicted molar refractivity (Wildman–Crippen MR) is 107 cm³/mol. The van der Waals surface area contributed by atoms with E-state index >= 15 is 0 Å². The summed E-state index contributed by atoms with van der Waals surface area (Å²) in [5.41, 5.74) is 1.05. The zero-order valence-electron chi connectivity index (χ0n) is 16.0. The highest BCUT2D eigenvalue weighted by atomic mass is 32.2. The van der Waals surface area contributed by atoms with E-state index < -0.39 is 21.7 Å². The number of carbonyl (C=O) groups is 1. The molecule has 0 saturated carbocycles. The van der Waals surface area contributed by atoms with Crippen LogP contribution in [0.15, 0.2) is 53.6 Å². The zero-order chi connectivity index (χ0) is 21.2. The summed E-state index contributed by atoms with van der Waals surface area (Å²) in [4.78, 5) is 13.7. The Labute approximate surface area is 167 Å². The number of rotatable bonds is 7. The van der Waals surface area contributed by atoms with Gasteiger partial charge in [0.15, 0.2) is 11.6 Å². The molecule has 0 bridgehead atoms. The van der Waals surface area contributed by atoms with E-state index in [2.05, 4.69) is 4.72 Å². The van der Waals surface area contributed by atoms with Crippen molar-refractivity contribution in [2.24, 2.45) is 0 Å². The van der Waals surface area contributed by atoms with Crippen LogP contribution in [0.5, 0.6) is 0 Å². The summed E-state index contributed by atoms with van der Waals surface area (Å²) in [7, 11) is -4.08. The summed E-state index contributed by atoms with van der Waals surface area (Å²) >= 11 is 0. The summed E-state index contributed by atoms with van der Waals surface area (Å²) in [6.45, 7) is 5.28. The molecule has 0 unspecified atom stereocenters. The minimum atomic E-state index is -4.08. The predicted octanol–water partition coefficient (Wildman–Crippen LogP) is 3.59. The van der Waals surface area contributed by atoms with Crippen LogP contribution in [0.4, 0.5) is 14.5 Å². The third-order valence-electron chi connectivity index (χ3n) is 4.65. The molecule has 9 heteroatoms. The first-order chi connectivity index (χ1) is 13.7. The molecule has 154 valence electrons. The molecule has 0 spiro atoms. The zero-order valence-corrected chi connectivity index (χ0v) is 16.8. The highest BCUT2D eigenvalue weighted by Gasteiger charge is 2.17. The third-order valence-corrected chi connectivity index (χ3v) is 6.03. The van der Waals surface area contributed by atoms with Gasteiger partial charge in [-0.2, -0.15) is 0 Å². The van der Waals surface area contributed by atoms with Crippen LogP contribution in [0.1, 0.15) is 13.8 Å². The van der Waals surface area contributed by atoms with Gasteiger partial charge in [-0.05, 0) is 56.3 Å². The van der Waals surface area contributed by atoms with Crippen molar-refractivity contribution in [2.75, 3.05) is 17.8 Å². The quantitative estimate of drug-likeness (QED) is 0.634. The smallest absolute Gasteiger partial charge is 0.261 e. The first kappa shape index (κ1) is 20.8. The van der Waals surface area contributed by atoms with E-state index in [0.29, 0.717) is 19.2 Å². The molecule has 1 heterocycles. The summed E-state index contributed by atoms with van der Waals surface area (Å²) < 4.78 is 55.5. The molecule has 1 amide bonds. The van der Waals surface area contributed by atoms with Gasteiger partial charge in [0, 0.05) is 35.9 Å². The second-order valence-electron chi connectivity index (χ2n) is 6.46. The number of carbonyl (C=O) groups excluding carboxylic acids is 1. The molecule has 0 aliphatic heterocycles. The fourth-order valence-corrected chi connectivity index (χ4v) is 4.14. The molecule has 29 heavy (non-hydrogen) atoms. The summed E-state index contributed by atoms with van der Waals surface area (Å²) in [5, 5.41) is 0.739. The molecule has 1 N–H and O–H groups in total. The minimum absolute atomic E-state index is 0.00406. The molecule has 0 radical (unpaired) electrons. The van der Waals surface area contributed by atoms with Crippen LogP contribution in [-0.2, 0) is 21.4 Å². The first-order valence-corrected chi connectivity index (χ1v) is 10.6. The lowest BCUT2D eigenvalue weighted by molar-refractivity contribution is -0.131. The second kappa shape index (κ2) is 8.20. The van der Waals surface area contributed by atoms with Crippen molar-refractivity contribution in [3.8, 4) is 0 Å². The second-order valence-corrected chi connectivity index (χ2v) is 8.15. The fraction of sp³-hybridized carbons (Fsp3) is 0.250. The maximum Gasteiger partial charge on any atom is 0.261 e. The molecule has 2 aromatic carbocycles. The van der Waals surface area contributed by atoms with E-state index in [0.717, 1.165) is 23.0 Å². The summed E-state index contributed by atoms with van der Waals surface area (Å²) in [6, 6.07) is 9.04. The number of hydrogen-bond acceptors (Lipinski definition) is 3. The lowest BCUT2D eigenvalue weighted by atomic mass is 10.2. The van der Waals surface area contributed by atoms with E-state index in [9.17, 15) is 22.0 Å². The van der Waals surface area contributed by atoms with Crippen molar-refractivity contribution in [3.05, 3.63) is 60.3 Å². The SMILES string of the molecule is CCN(CC)C(=O)Cn1ccc2cc(NS(=O)(=O)c3ccc(F)c(F)c3)ccc21. The van der Waals surface area contributed by atoms with Crippen LogP contribution in [0.25, 0.3) is 10.9 Å². The molecule has 3 aromatic rings. The van der Waals surface area contributed by atoms with Crippen LogP contribution in [-0.4, -0.2) is 36.9 Å². The number of fused-ring (bicyclic) bond motifs is 1. The van der Waals surface area contributed by atoms with E-state index in [1.54, 1.807) is 39.9 Å². The average Bonchev–Trinajstić information content (AvgIpc) is 3.06. The number of anilines is 1. The van der Waals surface area contributed by atoms with Crippen LogP contribution >= 0.6 is 0 Å². The van der Waals surface area contributed by atoms with E-state index in [4.69, 9.17) is 0 Å². The number of aromatic nitrogens is 1. The number of sulfonamides is 1. The Balaban J connectivity index is 1.83. The van der Waals surface area contributed by atoms with Gasteiger partial charge in [-0.15, -0.1) is 0 Å². The van der Waals surface area contributed by atoms with E-state index in [1.165, 1.54) is 0 Å². The average molecular weight is 421 g/mol. The maximum absolute atomic E-state index is 13.4. The Morgan fingerprint density at radius 2 is 1.76 bits per heavy atom. The highest BCUT2D eigenvalue weighted by Crippen LogP contribution is 2.23. The number of nitrogens with zero attached hydrogens (tertiary/aromatic N) is 2.